The molecule has 0 heterocycles. The van der Waals surface area contributed by atoms with Gasteiger partial charge in [-0.2, -0.15) is 0 Å². The van der Waals surface area contributed by atoms with Crippen molar-refractivity contribution in [1.29, 1.82) is 0 Å². The number of hydrogen-bond donors (Lipinski definition) is 7. The maximum Gasteiger partial charge on any atom is 0.323 e. The Morgan fingerprint density at radius 3 is 2.02 bits per heavy atom. The Kier molecular flexibility index (Phi) is 16.4. The summed E-state index contributed by atoms with van der Waals surface area (Å²) in [6.45, 7) is 4.56. The van der Waals surface area contributed by atoms with Crippen molar-refractivity contribution < 1.29 is 48.5 Å². The molecule has 8 N–H and O–H groups in total. The number of rotatable bonds is 20. The summed E-state index contributed by atoms with van der Waals surface area (Å²) in [5, 5.41) is 28.7. The predicted molar refractivity (Wildman–Crippen MR) is 176 cm³/mol. The molecule has 0 bridgehead atoms. The van der Waals surface area contributed by atoms with Crippen LogP contribution in [0, 0.1) is 5.92 Å². The minimum absolute atomic E-state index is 0.0190. The van der Waals surface area contributed by atoms with Crippen molar-refractivity contribution in [3.8, 4) is 5.75 Å². The Morgan fingerprint density at radius 2 is 1.45 bits per heavy atom. The molecule has 0 saturated carbocycles. The number of carboxylic acids is 1. The lowest BCUT2D eigenvalue weighted by molar-refractivity contribution is -0.146. The number of benzene rings is 2. The van der Waals surface area contributed by atoms with Crippen molar-refractivity contribution >= 4 is 41.9 Å². The quantitative estimate of drug-likeness (QED) is 0.0747. The lowest BCUT2D eigenvalue weighted by Gasteiger charge is -2.28. The SMILES string of the molecule is CC(=O)N[C@@H](Cc1ccc(O)cc1)C(=O)N[C@H](C(=O)N[C@@H](CCCC(N)C(=O)OCc1ccccc1)C(=O)NC(C=O)CC(=O)O)C(C)C. The van der Waals surface area contributed by atoms with E-state index in [9.17, 15) is 38.7 Å². The van der Waals surface area contributed by atoms with Crippen LogP contribution in [-0.4, -0.2) is 82.3 Å². The molecular formula is C34H45N5O10. The summed E-state index contributed by atoms with van der Waals surface area (Å²) in [6, 6.07) is 9.01. The largest absolute Gasteiger partial charge is 0.508 e. The zero-order chi connectivity index (χ0) is 36.5. The highest BCUT2D eigenvalue weighted by Crippen LogP contribution is 2.13. The molecule has 0 aliphatic carbocycles. The number of aromatic hydroxyl groups is 1. The fourth-order valence-corrected chi connectivity index (χ4v) is 4.74. The Morgan fingerprint density at radius 1 is 0.816 bits per heavy atom. The number of amides is 4. The van der Waals surface area contributed by atoms with Crippen molar-refractivity contribution in [2.24, 2.45) is 11.7 Å². The third-order valence-electron chi connectivity index (χ3n) is 7.37. The van der Waals surface area contributed by atoms with Gasteiger partial charge >= 0.3 is 11.9 Å². The normalized spacial score (nSPS) is 13.9. The van der Waals surface area contributed by atoms with Gasteiger partial charge < -0.3 is 46.7 Å². The third kappa shape index (κ3) is 14.6. The van der Waals surface area contributed by atoms with Gasteiger partial charge in [0.1, 0.15) is 42.8 Å². The van der Waals surface area contributed by atoms with E-state index in [4.69, 9.17) is 15.6 Å². The predicted octanol–water partition coefficient (Wildman–Crippen LogP) is 0.464. The minimum Gasteiger partial charge on any atom is -0.508 e. The van der Waals surface area contributed by atoms with Gasteiger partial charge in [0.25, 0.3) is 0 Å². The molecule has 2 rings (SSSR count). The number of carboxylic acid groups (broad SMARTS) is 1. The summed E-state index contributed by atoms with van der Waals surface area (Å²) >= 11 is 0. The molecule has 0 aliphatic heterocycles. The van der Waals surface area contributed by atoms with Crippen LogP contribution in [0.2, 0.25) is 0 Å². The molecule has 0 aromatic heterocycles. The van der Waals surface area contributed by atoms with Crippen molar-refractivity contribution in [3.63, 3.8) is 0 Å². The molecule has 0 radical (unpaired) electrons. The van der Waals surface area contributed by atoms with Crippen molar-refractivity contribution in [1.82, 2.24) is 21.3 Å². The van der Waals surface area contributed by atoms with Gasteiger partial charge in [0, 0.05) is 13.3 Å². The Hall–Kier alpha value is -5.31. The zero-order valence-corrected chi connectivity index (χ0v) is 27.7. The van der Waals surface area contributed by atoms with Crippen LogP contribution in [0.25, 0.3) is 0 Å². The van der Waals surface area contributed by atoms with E-state index in [1.165, 1.54) is 19.1 Å². The van der Waals surface area contributed by atoms with E-state index in [2.05, 4.69) is 21.3 Å². The van der Waals surface area contributed by atoms with Crippen LogP contribution in [0.15, 0.2) is 54.6 Å². The van der Waals surface area contributed by atoms with Crippen LogP contribution >= 0.6 is 0 Å². The minimum atomic E-state index is -1.38. The first-order valence-electron chi connectivity index (χ1n) is 15.8. The number of carbonyl (C=O) groups excluding carboxylic acids is 6. The van der Waals surface area contributed by atoms with E-state index in [-0.39, 0.29) is 44.3 Å². The monoisotopic (exact) mass is 683 g/mol. The summed E-state index contributed by atoms with van der Waals surface area (Å²) in [5.74, 6) is -5.27. The lowest BCUT2D eigenvalue weighted by atomic mass is 9.99. The molecule has 0 fully saturated rings. The molecular weight excluding hydrogens is 638 g/mol. The number of esters is 1. The fourth-order valence-electron chi connectivity index (χ4n) is 4.74. The summed E-state index contributed by atoms with van der Waals surface area (Å²) in [7, 11) is 0. The highest BCUT2D eigenvalue weighted by molar-refractivity contribution is 5.95. The van der Waals surface area contributed by atoms with Crippen LogP contribution in [0.5, 0.6) is 5.75 Å². The molecule has 15 nitrogen and oxygen atoms in total. The Bertz CT molecular complexity index is 1430. The molecule has 2 aromatic rings. The average molecular weight is 684 g/mol. The highest BCUT2D eigenvalue weighted by atomic mass is 16.5. The standard InChI is InChI=1S/C34H45N5O10/c1-20(2)30(39-32(46)28(36-21(3)41)16-22-12-14-25(42)15-13-22)33(47)38-27(31(45)37-24(18-40)17-29(43)44)11-7-10-26(35)34(48)49-19-23-8-5-4-6-9-23/h4-6,8-9,12-15,18,20,24,26-28,30,42H,7,10-11,16-17,19,35H2,1-3H3,(H,36,41)(H,37,45)(H,38,47)(H,39,46)(H,43,44)/t24?,26?,27-,28-,30-/m0/s1. The van der Waals surface area contributed by atoms with E-state index in [1.54, 1.807) is 50.2 Å². The second kappa shape index (κ2) is 20.1. The van der Waals surface area contributed by atoms with Gasteiger partial charge in [-0.1, -0.05) is 56.3 Å². The maximum atomic E-state index is 13.6. The second-order valence-electron chi connectivity index (χ2n) is 11.9. The van der Waals surface area contributed by atoms with Gasteiger partial charge in [-0.15, -0.1) is 0 Å². The van der Waals surface area contributed by atoms with Gasteiger partial charge in [0.05, 0.1) is 12.5 Å². The van der Waals surface area contributed by atoms with E-state index in [1.807, 2.05) is 6.07 Å². The first-order chi connectivity index (χ1) is 23.2. The van der Waals surface area contributed by atoms with Gasteiger partial charge in [-0.3, -0.25) is 28.8 Å². The fraction of sp³-hybridized carbons (Fsp3) is 0.441. The summed E-state index contributed by atoms with van der Waals surface area (Å²) < 4.78 is 5.26. The summed E-state index contributed by atoms with van der Waals surface area (Å²) in [4.78, 5) is 87.1. The number of aldehydes is 1. The van der Waals surface area contributed by atoms with Gasteiger partial charge in [-0.25, -0.2) is 0 Å². The Labute approximate surface area is 284 Å². The van der Waals surface area contributed by atoms with Gasteiger partial charge in [0.15, 0.2) is 0 Å². The van der Waals surface area contributed by atoms with Gasteiger partial charge in [-0.05, 0) is 48.4 Å². The van der Waals surface area contributed by atoms with Crippen LogP contribution < -0.4 is 27.0 Å². The van der Waals surface area contributed by atoms with Crippen molar-refractivity contribution in [2.75, 3.05) is 0 Å². The first kappa shape index (κ1) is 39.9. The average Bonchev–Trinajstić information content (AvgIpc) is 3.05. The number of phenolic OH excluding ortho intramolecular Hbond substituents is 1. The van der Waals surface area contributed by atoms with E-state index in [0.29, 0.717) is 5.56 Å². The number of hydrogen-bond acceptors (Lipinski definition) is 10. The molecule has 5 atom stereocenters. The zero-order valence-electron chi connectivity index (χ0n) is 27.7. The highest BCUT2D eigenvalue weighted by Gasteiger charge is 2.32. The number of nitrogens with two attached hydrogens (primary N) is 1. The number of ether oxygens (including phenoxy) is 1. The molecule has 266 valence electrons. The van der Waals surface area contributed by atoms with Crippen LogP contribution in [0.4, 0.5) is 0 Å². The molecule has 0 aliphatic rings. The van der Waals surface area contributed by atoms with Crippen LogP contribution in [0.1, 0.15) is 57.6 Å². The van der Waals surface area contributed by atoms with Crippen molar-refractivity contribution in [2.45, 2.75) is 89.7 Å². The molecule has 0 spiro atoms. The molecule has 0 saturated heterocycles. The van der Waals surface area contributed by atoms with E-state index >= 15 is 0 Å². The van der Waals surface area contributed by atoms with Crippen molar-refractivity contribution in [3.05, 3.63) is 65.7 Å². The smallest absolute Gasteiger partial charge is 0.323 e. The van der Waals surface area contributed by atoms with Crippen LogP contribution in [-0.2, 0) is 51.3 Å². The topological polar surface area (TPSA) is 243 Å². The van der Waals surface area contributed by atoms with Crippen LogP contribution in [0.3, 0.4) is 0 Å². The maximum absolute atomic E-state index is 13.6. The number of carbonyl (C=O) groups is 7. The molecule has 2 unspecified atom stereocenters. The molecule has 4 amide bonds. The molecule has 2 aromatic carbocycles. The molecule has 15 heteroatoms. The second-order valence-corrected chi connectivity index (χ2v) is 11.9. The number of phenols is 1. The van der Waals surface area contributed by atoms with Gasteiger partial charge in [0.2, 0.25) is 23.6 Å². The first-order valence-corrected chi connectivity index (χ1v) is 15.8. The number of nitrogens with one attached hydrogen (secondary N) is 4. The summed E-state index contributed by atoms with van der Waals surface area (Å²) in [6.07, 6.45) is -0.237. The van der Waals surface area contributed by atoms with E-state index < -0.39 is 78.1 Å². The third-order valence-corrected chi connectivity index (χ3v) is 7.37. The number of aliphatic carboxylic acids is 1. The molecule has 49 heavy (non-hydrogen) atoms. The summed E-state index contributed by atoms with van der Waals surface area (Å²) in [5.41, 5.74) is 7.40. The Balaban J connectivity index is 2.16. The lowest BCUT2D eigenvalue weighted by Crippen LogP contribution is -2.59. The van der Waals surface area contributed by atoms with E-state index in [0.717, 1.165) is 5.56 Å².